The Morgan fingerprint density at radius 1 is 1.42 bits per heavy atom. The molecule has 0 aliphatic rings. The predicted octanol–water partition coefficient (Wildman–Crippen LogP) is -0.762. The maximum absolute atomic E-state index is 11.8. The van der Waals surface area contributed by atoms with Crippen molar-refractivity contribution in [1.29, 1.82) is 0 Å². The number of H-pyrrole nitrogens is 1. The Morgan fingerprint density at radius 3 is 2.79 bits per heavy atom. The number of aliphatic hydroxyl groups excluding tert-OH is 1. The van der Waals surface area contributed by atoms with Gasteiger partial charge in [-0.1, -0.05) is 0 Å². The van der Waals surface area contributed by atoms with E-state index in [-0.39, 0.29) is 6.61 Å². The summed E-state index contributed by atoms with van der Waals surface area (Å²) >= 11 is 0. The van der Waals surface area contributed by atoms with E-state index in [2.05, 4.69) is 15.3 Å². The fourth-order valence-corrected chi connectivity index (χ4v) is 1.98. The van der Waals surface area contributed by atoms with Crippen LogP contribution in [-0.2, 0) is 13.6 Å². The molecular weight excluding hydrogens is 250 g/mol. The molecule has 0 spiro atoms. The zero-order valence-corrected chi connectivity index (χ0v) is 10.9. The summed E-state index contributed by atoms with van der Waals surface area (Å²) in [6, 6.07) is 0. The predicted molar refractivity (Wildman–Crippen MR) is 71.5 cm³/mol. The lowest BCUT2D eigenvalue weighted by atomic mass is 10.4. The number of nitrogens with one attached hydrogen (secondary N) is 2. The van der Waals surface area contributed by atoms with Crippen molar-refractivity contribution in [2.24, 2.45) is 7.05 Å². The van der Waals surface area contributed by atoms with Crippen LogP contribution < -0.4 is 16.6 Å². The topological polar surface area (TPSA) is 105 Å². The van der Waals surface area contributed by atoms with Gasteiger partial charge in [-0.25, -0.2) is 4.79 Å². The van der Waals surface area contributed by atoms with Crippen LogP contribution in [0.15, 0.2) is 9.59 Å². The molecule has 2 heterocycles. The molecule has 0 bridgehead atoms. The lowest BCUT2D eigenvalue weighted by Crippen LogP contribution is -2.30. The van der Waals surface area contributed by atoms with E-state index >= 15 is 0 Å². The molecule has 0 aromatic carbocycles. The van der Waals surface area contributed by atoms with Crippen LogP contribution in [0.3, 0.4) is 0 Å². The number of rotatable bonds is 5. The molecule has 3 N–H and O–H groups in total. The summed E-state index contributed by atoms with van der Waals surface area (Å²) in [4.78, 5) is 30.1. The molecule has 0 fully saturated rings. The average molecular weight is 267 g/mol. The van der Waals surface area contributed by atoms with Gasteiger partial charge in [0.25, 0.3) is 5.56 Å². The van der Waals surface area contributed by atoms with Gasteiger partial charge in [-0.05, 0) is 13.3 Å². The average Bonchev–Trinajstić information content (AvgIpc) is 2.68. The molecule has 8 heteroatoms. The Labute approximate surface area is 108 Å². The fourth-order valence-electron chi connectivity index (χ4n) is 1.98. The number of hydrogen-bond donors (Lipinski definition) is 3. The largest absolute Gasteiger partial charge is 0.396 e. The Morgan fingerprint density at radius 2 is 2.16 bits per heavy atom. The molecule has 8 nitrogen and oxygen atoms in total. The Balaban J connectivity index is 2.59. The van der Waals surface area contributed by atoms with Gasteiger partial charge in [-0.3, -0.25) is 14.3 Å². The first-order valence-corrected chi connectivity index (χ1v) is 6.14. The molecule has 0 amide bonds. The van der Waals surface area contributed by atoms with E-state index < -0.39 is 11.2 Å². The van der Waals surface area contributed by atoms with E-state index in [1.165, 1.54) is 4.57 Å². The Hall–Kier alpha value is -2.09. The summed E-state index contributed by atoms with van der Waals surface area (Å²) in [5, 5.41) is 11.8. The van der Waals surface area contributed by atoms with Crippen molar-refractivity contribution in [3.8, 4) is 0 Å². The quantitative estimate of drug-likeness (QED) is 0.617. The lowest BCUT2D eigenvalue weighted by molar-refractivity contribution is 0.292. The van der Waals surface area contributed by atoms with Crippen LogP contribution in [0.2, 0.25) is 0 Å². The molecule has 0 aliphatic carbocycles. The number of aromatic amines is 1. The molecular formula is C11H17N5O3. The van der Waals surface area contributed by atoms with Gasteiger partial charge in [0.15, 0.2) is 11.2 Å². The van der Waals surface area contributed by atoms with Crippen LogP contribution in [-0.4, -0.2) is 37.4 Å². The summed E-state index contributed by atoms with van der Waals surface area (Å²) in [6.45, 7) is 2.87. The molecule has 0 radical (unpaired) electrons. The van der Waals surface area contributed by atoms with Gasteiger partial charge in [0.1, 0.15) is 0 Å². The molecule has 2 aromatic rings. The number of hydrogen-bond acceptors (Lipinski definition) is 5. The standard InChI is InChI=1S/C11H17N5O3/c1-3-16-8-7(9(18)14-11(16)19)15(2)10(13-8)12-5-4-6-17/h17H,3-6H2,1-2H3,(H,12,13)(H,14,18,19). The van der Waals surface area contributed by atoms with Gasteiger partial charge in [-0.2, -0.15) is 4.98 Å². The number of aryl methyl sites for hydroxylation is 2. The second-order valence-electron chi connectivity index (χ2n) is 4.17. The van der Waals surface area contributed by atoms with Crippen LogP contribution in [0.1, 0.15) is 13.3 Å². The second-order valence-corrected chi connectivity index (χ2v) is 4.17. The van der Waals surface area contributed by atoms with Crippen molar-refractivity contribution >= 4 is 17.1 Å². The second kappa shape index (κ2) is 5.27. The highest BCUT2D eigenvalue weighted by atomic mass is 16.3. The van der Waals surface area contributed by atoms with Crippen LogP contribution >= 0.6 is 0 Å². The number of aromatic nitrogens is 4. The highest BCUT2D eigenvalue weighted by molar-refractivity contribution is 5.73. The molecule has 2 aromatic heterocycles. The highest BCUT2D eigenvalue weighted by Gasteiger charge is 2.15. The van der Waals surface area contributed by atoms with Crippen molar-refractivity contribution in [2.75, 3.05) is 18.5 Å². The van der Waals surface area contributed by atoms with Gasteiger partial charge in [-0.15, -0.1) is 0 Å². The van der Waals surface area contributed by atoms with E-state index in [1.54, 1.807) is 11.6 Å². The minimum Gasteiger partial charge on any atom is -0.396 e. The van der Waals surface area contributed by atoms with Gasteiger partial charge in [0.05, 0.1) is 0 Å². The van der Waals surface area contributed by atoms with Crippen molar-refractivity contribution in [3.05, 3.63) is 20.8 Å². The van der Waals surface area contributed by atoms with Crippen molar-refractivity contribution in [3.63, 3.8) is 0 Å². The third-order valence-electron chi connectivity index (χ3n) is 2.95. The number of nitrogens with zero attached hydrogens (tertiary/aromatic N) is 3. The molecule has 104 valence electrons. The first-order valence-electron chi connectivity index (χ1n) is 6.14. The molecule has 0 aliphatic heterocycles. The SMILES string of the molecule is CCn1c(=O)[nH]c(=O)c2c1nc(NCCCO)n2C. The third-order valence-corrected chi connectivity index (χ3v) is 2.95. The molecule has 0 saturated heterocycles. The minimum atomic E-state index is -0.458. The van der Waals surface area contributed by atoms with Crippen LogP contribution in [0.4, 0.5) is 5.95 Å². The number of fused-ring (bicyclic) bond motifs is 1. The van der Waals surface area contributed by atoms with Crippen LogP contribution in [0.25, 0.3) is 11.2 Å². The van der Waals surface area contributed by atoms with Crippen molar-refractivity contribution < 1.29 is 5.11 Å². The van der Waals surface area contributed by atoms with Crippen LogP contribution in [0, 0.1) is 0 Å². The molecule has 2 rings (SSSR count). The first kappa shape index (κ1) is 13.3. The first-order chi connectivity index (χ1) is 9.10. The van der Waals surface area contributed by atoms with Crippen molar-refractivity contribution in [1.82, 2.24) is 19.1 Å². The van der Waals surface area contributed by atoms with Gasteiger partial charge in [0, 0.05) is 26.7 Å². The summed E-state index contributed by atoms with van der Waals surface area (Å²) in [6.07, 6.45) is 0.583. The minimum absolute atomic E-state index is 0.0805. The van der Waals surface area contributed by atoms with Gasteiger partial charge >= 0.3 is 5.69 Å². The maximum atomic E-state index is 11.8. The summed E-state index contributed by atoms with van der Waals surface area (Å²) in [5.41, 5.74) is -0.187. The van der Waals surface area contributed by atoms with Gasteiger partial charge in [0.2, 0.25) is 5.95 Å². The third kappa shape index (κ3) is 2.26. The van der Waals surface area contributed by atoms with E-state index in [0.717, 1.165) is 0 Å². The maximum Gasteiger partial charge on any atom is 0.330 e. The van der Waals surface area contributed by atoms with E-state index in [0.29, 0.717) is 36.6 Å². The number of imidazole rings is 1. The highest BCUT2D eigenvalue weighted by Crippen LogP contribution is 2.13. The monoisotopic (exact) mass is 267 g/mol. The van der Waals surface area contributed by atoms with Gasteiger partial charge < -0.3 is 15.0 Å². The van der Waals surface area contributed by atoms with Crippen LogP contribution in [0.5, 0.6) is 0 Å². The smallest absolute Gasteiger partial charge is 0.330 e. The van der Waals surface area contributed by atoms with E-state index in [1.807, 2.05) is 6.92 Å². The molecule has 0 atom stereocenters. The number of aliphatic hydroxyl groups is 1. The molecule has 0 saturated carbocycles. The fraction of sp³-hybridized carbons (Fsp3) is 0.545. The summed E-state index contributed by atoms with van der Waals surface area (Å²) in [7, 11) is 1.70. The van der Waals surface area contributed by atoms with E-state index in [9.17, 15) is 9.59 Å². The Kier molecular flexibility index (Phi) is 3.70. The molecule has 19 heavy (non-hydrogen) atoms. The summed E-state index contributed by atoms with van der Waals surface area (Å²) in [5.74, 6) is 0.502. The zero-order valence-electron chi connectivity index (χ0n) is 10.9. The molecule has 0 unspecified atom stereocenters. The Bertz CT molecular complexity index is 697. The number of anilines is 1. The normalized spacial score (nSPS) is 11.1. The van der Waals surface area contributed by atoms with Crippen molar-refractivity contribution in [2.45, 2.75) is 19.9 Å². The summed E-state index contributed by atoms with van der Waals surface area (Å²) < 4.78 is 3.02. The lowest BCUT2D eigenvalue weighted by Gasteiger charge is -2.03. The zero-order chi connectivity index (χ0) is 14.0. The van der Waals surface area contributed by atoms with E-state index in [4.69, 9.17) is 5.11 Å².